The SMILES string of the molecule is O=C(OCCOCCOCCOCCNc1ccc([N+](=O)[O-])cc1[N+](=O)[O-])c1ccccc1Nc1cccc(C(F)(F)F)c1. The maximum atomic E-state index is 13.0. The van der Waals surface area contributed by atoms with Gasteiger partial charge in [0.15, 0.2) is 0 Å². The molecule has 0 atom stereocenters. The van der Waals surface area contributed by atoms with Crippen LogP contribution in [-0.2, 0) is 25.1 Å². The lowest BCUT2D eigenvalue weighted by Gasteiger charge is -2.13. The first-order chi connectivity index (χ1) is 21.1. The number of ether oxygens (including phenoxy) is 4. The zero-order valence-corrected chi connectivity index (χ0v) is 23.2. The van der Waals surface area contributed by atoms with E-state index in [0.29, 0.717) is 0 Å². The number of carbonyl (C=O) groups excluding carboxylic acids is 1. The van der Waals surface area contributed by atoms with Crippen LogP contribution < -0.4 is 10.6 Å². The number of alkyl halides is 3. The fourth-order valence-corrected chi connectivity index (χ4v) is 3.70. The molecule has 3 rings (SSSR count). The fraction of sp³-hybridized carbons (Fsp3) is 0.321. The minimum Gasteiger partial charge on any atom is -0.460 e. The fourth-order valence-electron chi connectivity index (χ4n) is 3.70. The topological polar surface area (TPSA) is 164 Å². The molecule has 13 nitrogen and oxygen atoms in total. The number of hydrogen-bond donors (Lipinski definition) is 2. The summed E-state index contributed by atoms with van der Waals surface area (Å²) in [6, 6.07) is 14.2. The summed E-state index contributed by atoms with van der Waals surface area (Å²) in [6.07, 6.45) is -4.50. The Morgan fingerprint density at radius 3 is 2.07 bits per heavy atom. The number of halogens is 3. The molecule has 0 spiro atoms. The molecule has 0 saturated heterocycles. The van der Waals surface area contributed by atoms with Crippen molar-refractivity contribution in [1.29, 1.82) is 0 Å². The number of nitro groups is 2. The summed E-state index contributed by atoms with van der Waals surface area (Å²) < 4.78 is 60.4. The van der Waals surface area contributed by atoms with Crippen LogP contribution in [0.5, 0.6) is 0 Å². The van der Waals surface area contributed by atoms with Crippen molar-refractivity contribution >= 4 is 34.4 Å². The molecule has 0 saturated carbocycles. The van der Waals surface area contributed by atoms with Gasteiger partial charge >= 0.3 is 12.1 Å². The Bertz CT molecular complexity index is 1420. The van der Waals surface area contributed by atoms with Crippen LogP contribution in [-0.4, -0.2) is 68.6 Å². The summed E-state index contributed by atoms with van der Waals surface area (Å²) >= 11 is 0. The van der Waals surface area contributed by atoms with Gasteiger partial charge in [-0.2, -0.15) is 13.2 Å². The summed E-state index contributed by atoms with van der Waals surface area (Å²) in [5, 5.41) is 27.6. The first kappa shape index (κ1) is 33.7. The minimum atomic E-state index is -4.50. The highest BCUT2D eigenvalue weighted by atomic mass is 19.4. The standard InChI is InChI=1S/C28H29F3N4O9/c29-28(30,31)20-4-3-5-21(18-20)33-24-7-2-1-6-23(24)27(36)44-17-16-43-15-14-42-13-12-41-11-10-32-25-9-8-22(34(37)38)19-26(25)35(39)40/h1-9,18-19,32-33H,10-17H2. The molecule has 0 aliphatic rings. The predicted molar refractivity (Wildman–Crippen MR) is 152 cm³/mol. The third-order valence-electron chi connectivity index (χ3n) is 5.77. The van der Waals surface area contributed by atoms with E-state index >= 15 is 0 Å². The summed E-state index contributed by atoms with van der Waals surface area (Å²) in [6.45, 7) is 1.44. The van der Waals surface area contributed by atoms with Crippen molar-refractivity contribution in [3.05, 3.63) is 98.1 Å². The van der Waals surface area contributed by atoms with Gasteiger partial charge < -0.3 is 29.6 Å². The third-order valence-corrected chi connectivity index (χ3v) is 5.77. The average Bonchev–Trinajstić information content (AvgIpc) is 2.99. The van der Waals surface area contributed by atoms with Gasteiger partial charge in [-0.25, -0.2) is 4.79 Å². The zero-order chi connectivity index (χ0) is 32.0. The number of anilines is 3. The van der Waals surface area contributed by atoms with Crippen LogP contribution in [0.4, 0.5) is 41.6 Å². The van der Waals surface area contributed by atoms with Gasteiger partial charge in [0.05, 0.1) is 72.4 Å². The molecule has 3 aromatic carbocycles. The highest BCUT2D eigenvalue weighted by Crippen LogP contribution is 2.32. The van der Waals surface area contributed by atoms with E-state index in [0.717, 1.165) is 18.2 Å². The van der Waals surface area contributed by atoms with E-state index in [-0.39, 0.29) is 81.1 Å². The molecule has 0 aliphatic heterocycles. The Morgan fingerprint density at radius 2 is 1.41 bits per heavy atom. The maximum Gasteiger partial charge on any atom is 0.416 e. The molecule has 2 N–H and O–H groups in total. The molecule has 0 unspecified atom stereocenters. The van der Waals surface area contributed by atoms with Crippen molar-refractivity contribution in [3.63, 3.8) is 0 Å². The van der Waals surface area contributed by atoms with Crippen LogP contribution in [0.2, 0.25) is 0 Å². The normalized spacial score (nSPS) is 11.2. The number of non-ortho nitro benzene ring substituents is 1. The molecule has 16 heteroatoms. The second-order valence-electron chi connectivity index (χ2n) is 8.86. The van der Waals surface area contributed by atoms with E-state index in [1.807, 2.05) is 0 Å². The predicted octanol–water partition coefficient (Wildman–Crippen LogP) is 5.58. The van der Waals surface area contributed by atoms with Crippen molar-refractivity contribution in [2.45, 2.75) is 6.18 Å². The number of benzene rings is 3. The minimum absolute atomic E-state index is 0.0558. The van der Waals surface area contributed by atoms with Crippen LogP contribution in [0, 0.1) is 20.2 Å². The Morgan fingerprint density at radius 1 is 0.750 bits per heavy atom. The van der Waals surface area contributed by atoms with E-state index in [4.69, 9.17) is 18.9 Å². The monoisotopic (exact) mass is 622 g/mol. The number of hydrogen-bond acceptors (Lipinski definition) is 11. The molecular weight excluding hydrogens is 593 g/mol. The molecular formula is C28H29F3N4O9. The van der Waals surface area contributed by atoms with Gasteiger partial charge in [0.1, 0.15) is 12.3 Å². The summed E-state index contributed by atoms with van der Waals surface area (Å²) in [5.41, 5.74) is -0.868. The lowest BCUT2D eigenvalue weighted by molar-refractivity contribution is -0.393. The van der Waals surface area contributed by atoms with Crippen LogP contribution >= 0.6 is 0 Å². The highest BCUT2D eigenvalue weighted by Gasteiger charge is 2.30. The van der Waals surface area contributed by atoms with Gasteiger partial charge in [0, 0.05) is 18.3 Å². The molecule has 0 amide bonds. The van der Waals surface area contributed by atoms with Gasteiger partial charge in [0.25, 0.3) is 11.4 Å². The molecule has 44 heavy (non-hydrogen) atoms. The Labute approximate surface area is 249 Å². The summed E-state index contributed by atoms with van der Waals surface area (Å²) in [7, 11) is 0. The van der Waals surface area contributed by atoms with Crippen molar-refractivity contribution in [1.82, 2.24) is 0 Å². The van der Waals surface area contributed by atoms with Gasteiger partial charge in [-0.15, -0.1) is 0 Å². The molecule has 0 fully saturated rings. The Balaban J connectivity index is 1.26. The first-order valence-corrected chi connectivity index (χ1v) is 13.2. The first-order valence-electron chi connectivity index (χ1n) is 13.2. The molecule has 236 valence electrons. The second-order valence-corrected chi connectivity index (χ2v) is 8.86. The van der Waals surface area contributed by atoms with E-state index in [2.05, 4.69) is 10.6 Å². The molecule has 0 aliphatic carbocycles. The Hall–Kier alpha value is -4.80. The largest absolute Gasteiger partial charge is 0.460 e. The van der Waals surface area contributed by atoms with Crippen LogP contribution in [0.15, 0.2) is 66.7 Å². The molecule has 0 heterocycles. The number of esters is 1. The van der Waals surface area contributed by atoms with Gasteiger partial charge in [-0.3, -0.25) is 20.2 Å². The number of para-hydroxylation sites is 1. The smallest absolute Gasteiger partial charge is 0.416 e. The average molecular weight is 623 g/mol. The highest BCUT2D eigenvalue weighted by molar-refractivity contribution is 5.96. The molecule has 3 aromatic rings. The van der Waals surface area contributed by atoms with Crippen LogP contribution in [0.3, 0.4) is 0 Å². The van der Waals surface area contributed by atoms with Gasteiger partial charge in [-0.05, 0) is 36.4 Å². The molecule has 0 aromatic heterocycles. The van der Waals surface area contributed by atoms with Crippen molar-refractivity contribution in [3.8, 4) is 0 Å². The number of rotatable bonds is 18. The lowest BCUT2D eigenvalue weighted by Crippen LogP contribution is -2.16. The number of nitrogens with one attached hydrogen (secondary N) is 2. The van der Waals surface area contributed by atoms with E-state index in [1.54, 1.807) is 18.2 Å². The van der Waals surface area contributed by atoms with Gasteiger partial charge in [-0.1, -0.05) is 18.2 Å². The lowest BCUT2D eigenvalue weighted by atomic mass is 10.1. The Kier molecular flexibility index (Phi) is 12.8. The van der Waals surface area contributed by atoms with Crippen LogP contribution in [0.1, 0.15) is 15.9 Å². The second kappa shape index (κ2) is 16.7. The quantitative estimate of drug-likeness (QED) is 0.0787. The zero-order valence-electron chi connectivity index (χ0n) is 23.2. The van der Waals surface area contributed by atoms with Crippen LogP contribution in [0.25, 0.3) is 0 Å². The van der Waals surface area contributed by atoms with E-state index < -0.39 is 33.2 Å². The molecule has 0 bridgehead atoms. The van der Waals surface area contributed by atoms with Gasteiger partial charge in [0.2, 0.25) is 0 Å². The van der Waals surface area contributed by atoms with Crippen molar-refractivity contribution < 1.29 is 46.8 Å². The summed E-state index contributed by atoms with van der Waals surface area (Å²) in [4.78, 5) is 33.1. The third kappa shape index (κ3) is 10.8. The number of nitro benzene ring substituents is 2. The van der Waals surface area contributed by atoms with E-state index in [9.17, 15) is 38.2 Å². The summed E-state index contributed by atoms with van der Waals surface area (Å²) in [5.74, 6) is -0.672. The molecule has 0 radical (unpaired) electrons. The van der Waals surface area contributed by atoms with Crippen molar-refractivity contribution in [2.75, 3.05) is 63.4 Å². The number of carbonyl (C=O) groups is 1. The maximum absolute atomic E-state index is 13.0. The number of nitrogens with zero attached hydrogens (tertiary/aromatic N) is 2. The van der Waals surface area contributed by atoms with E-state index in [1.165, 1.54) is 30.3 Å². The van der Waals surface area contributed by atoms with Crippen molar-refractivity contribution in [2.24, 2.45) is 0 Å².